The van der Waals surface area contributed by atoms with Crippen molar-refractivity contribution >= 4 is 10.0 Å². The molecular formula is C8H10FNO3S. The van der Waals surface area contributed by atoms with E-state index in [1.807, 2.05) is 0 Å². The smallest absolute Gasteiger partial charge is 0.238 e. The van der Waals surface area contributed by atoms with Crippen molar-refractivity contribution in [3.8, 4) is 0 Å². The molecular weight excluding hydrogens is 209 g/mol. The molecule has 0 aromatic heterocycles. The zero-order valence-electron chi connectivity index (χ0n) is 7.22. The second-order valence-electron chi connectivity index (χ2n) is 2.75. The van der Waals surface area contributed by atoms with Gasteiger partial charge in [0.05, 0.1) is 4.90 Å². The summed E-state index contributed by atoms with van der Waals surface area (Å²) in [5, 5.41) is 14.1. The Morgan fingerprint density at radius 2 is 2.00 bits per heavy atom. The van der Waals surface area contributed by atoms with E-state index in [0.29, 0.717) is 0 Å². The summed E-state index contributed by atoms with van der Waals surface area (Å²) in [6.45, 7) is -1.05. The molecule has 6 heteroatoms. The summed E-state index contributed by atoms with van der Waals surface area (Å²) in [7, 11) is -3.92. The van der Waals surface area contributed by atoms with Crippen LogP contribution in [-0.2, 0) is 10.0 Å². The van der Waals surface area contributed by atoms with Crippen LogP contribution in [0, 0.1) is 0 Å². The van der Waals surface area contributed by atoms with Gasteiger partial charge < -0.3 is 5.11 Å². The van der Waals surface area contributed by atoms with Crippen molar-refractivity contribution in [3.05, 3.63) is 29.8 Å². The van der Waals surface area contributed by atoms with Gasteiger partial charge in [0.1, 0.15) is 12.8 Å². The van der Waals surface area contributed by atoms with E-state index in [1.54, 1.807) is 0 Å². The van der Waals surface area contributed by atoms with E-state index in [2.05, 4.69) is 0 Å². The molecule has 0 spiro atoms. The molecule has 0 aliphatic heterocycles. The summed E-state index contributed by atoms with van der Waals surface area (Å²) in [6.07, 6.45) is -1.45. The summed E-state index contributed by atoms with van der Waals surface area (Å²) < 4.78 is 34.2. The van der Waals surface area contributed by atoms with E-state index < -0.39 is 22.8 Å². The zero-order chi connectivity index (χ0) is 10.8. The maximum Gasteiger partial charge on any atom is 0.238 e. The molecule has 78 valence electrons. The zero-order valence-corrected chi connectivity index (χ0v) is 8.04. The van der Waals surface area contributed by atoms with Gasteiger partial charge in [-0.25, -0.2) is 17.9 Å². The fraction of sp³-hybridized carbons (Fsp3) is 0.250. The van der Waals surface area contributed by atoms with Gasteiger partial charge in [-0.1, -0.05) is 18.2 Å². The van der Waals surface area contributed by atoms with E-state index in [9.17, 15) is 17.9 Å². The Morgan fingerprint density at radius 1 is 1.43 bits per heavy atom. The topological polar surface area (TPSA) is 80.4 Å². The van der Waals surface area contributed by atoms with Gasteiger partial charge in [0, 0.05) is 5.56 Å². The SMILES string of the molecule is NS(=O)(=O)c1ccccc1C(O)CF. The number of primary sulfonamides is 1. The minimum atomic E-state index is -3.92. The fourth-order valence-corrected chi connectivity index (χ4v) is 1.90. The molecule has 0 aliphatic rings. The van der Waals surface area contributed by atoms with Gasteiger partial charge in [-0.05, 0) is 6.07 Å². The van der Waals surface area contributed by atoms with Crippen molar-refractivity contribution in [1.82, 2.24) is 0 Å². The highest BCUT2D eigenvalue weighted by Crippen LogP contribution is 2.21. The van der Waals surface area contributed by atoms with Crippen LogP contribution in [-0.4, -0.2) is 20.2 Å². The van der Waals surface area contributed by atoms with Gasteiger partial charge in [-0.2, -0.15) is 0 Å². The molecule has 1 aromatic rings. The quantitative estimate of drug-likeness (QED) is 0.769. The molecule has 0 amide bonds. The predicted octanol–water partition coefficient (Wildman–Crippen LogP) is 0.337. The number of nitrogens with two attached hydrogens (primary N) is 1. The van der Waals surface area contributed by atoms with Crippen LogP contribution >= 0.6 is 0 Å². The van der Waals surface area contributed by atoms with Crippen molar-refractivity contribution in [1.29, 1.82) is 0 Å². The Hall–Kier alpha value is -0.980. The molecule has 4 nitrogen and oxygen atoms in total. The molecule has 14 heavy (non-hydrogen) atoms. The minimum Gasteiger partial charge on any atom is -0.386 e. The molecule has 1 atom stereocenters. The van der Waals surface area contributed by atoms with Crippen molar-refractivity contribution in [3.63, 3.8) is 0 Å². The Kier molecular flexibility index (Phi) is 3.20. The first-order chi connectivity index (χ1) is 6.46. The number of rotatable bonds is 3. The van der Waals surface area contributed by atoms with E-state index in [1.165, 1.54) is 24.3 Å². The highest BCUT2D eigenvalue weighted by atomic mass is 32.2. The summed E-state index contributed by atoms with van der Waals surface area (Å²) in [4.78, 5) is -0.245. The van der Waals surface area contributed by atoms with Gasteiger partial charge in [0.15, 0.2) is 0 Å². The van der Waals surface area contributed by atoms with Crippen LogP contribution in [0.4, 0.5) is 4.39 Å². The number of hydrogen-bond acceptors (Lipinski definition) is 3. The maximum atomic E-state index is 12.2. The molecule has 0 bridgehead atoms. The van der Waals surface area contributed by atoms with Gasteiger partial charge in [-0.3, -0.25) is 0 Å². The van der Waals surface area contributed by atoms with Crippen LogP contribution in [0.1, 0.15) is 11.7 Å². The second kappa shape index (κ2) is 4.04. The van der Waals surface area contributed by atoms with Gasteiger partial charge >= 0.3 is 0 Å². The van der Waals surface area contributed by atoms with E-state index in [4.69, 9.17) is 5.14 Å². The first kappa shape index (κ1) is 11.1. The standard InChI is InChI=1S/C8H10FNO3S/c9-5-7(11)6-3-1-2-4-8(6)14(10,12)13/h1-4,7,11H,5H2,(H2,10,12,13). The average Bonchev–Trinajstić information content (AvgIpc) is 2.15. The van der Waals surface area contributed by atoms with Crippen LogP contribution < -0.4 is 5.14 Å². The Bertz CT molecular complexity index is 418. The Balaban J connectivity index is 3.30. The van der Waals surface area contributed by atoms with Crippen molar-refractivity contribution < 1.29 is 17.9 Å². The third kappa shape index (κ3) is 2.28. The van der Waals surface area contributed by atoms with Crippen LogP contribution in [0.5, 0.6) is 0 Å². The lowest BCUT2D eigenvalue weighted by atomic mass is 10.1. The minimum absolute atomic E-state index is 0.0162. The van der Waals surface area contributed by atoms with Crippen LogP contribution in [0.2, 0.25) is 0 Å². The first-order valence-electron chi connectivity index (χ1n) is 3.82. The molecule has 0 fully saturated rings. The highest BCUT2D eigenvalue weighted by Gasteiger charge is 2.18. The van der Waals surface area contributed by atoms with E-state index in [-0.39, 0.29) is 10.5 Å². The number of alkyl halides is 1. The van der Waals surface area contributed by atoms with Crippen LogP contribution in [0.15, 0.2) is 29.2 Å². The van der Waals surface area contributed by atoms with Crippen LogP contribution in [0.3, 0.4) is 0 Å². The number of sulfonamides is 1. The normalized spacial score (nSPS) is 13.9. The number of benzene rings is 1. The summed E-state index contributed by atoms with van der Waals surface area (Å²) in [5.41, 5.74) is -0.0162. The monoisotopic (exact) mass is 219 g/mol. The first-order valence-corrected chi connectivity index (χ1v) is 5.37. The highest BCUT2D eigenvalue weighted by molar-refractivity contribution is 7.89. The lowest BCUT2D eigenvalue weighted by molar-refractivity contribution is 0.139. The van der Waals surface area contributed by atoms with Gasteiger partial charge in [-0.15, -0.1) is 0 Å². The molecule has 3 N–H and O–H groups in total. The Morgan fingerprint density at radius 3 is 2.50 bits per heavy atom. The molecule has 0 heterocycles. The molecule has 0 saturated heterocycles. The predicted molar refractivity (Wildman–Crippen MR) is 48.8 cm³/mol. The number of halogens is 1. The molecule has 0 aliphatic carbocycles. The molecule has 1 aromatic carbocycles. The molecule has 0 radical (unpaired) electrons. The number of aliphatic hydroxyl groups is 1. The fourth-order valence-electron chi connectivity index (χ4n) is 1.10. The summed E-state index contributed by atoms with van der Waals surface area (Å²) in [5.74, 6) is 0. The maximum absolute atomic E-state index is 12.2. The van der Waals surface area contributed by atoms with Gasteiger partial charge in [0.2, 0.25) is 10.0 Å². The van der Waals surface area contributed by atoms with Gasteiger partial charge in [0.25, 0.3) is 0 Å². The van der Waals surface area contributed by atoms with E-state index in [0.717, 1.165) is 0 Å². The molecule has 1 unspecified atom stereocenters. The molecule has 1 rings (SSSR count). The summed E-state index contributed by atoms with van der Waals surface area (Å²) >= 11 is 0. The van der Waals surface area contributed by atoms with Crippen LogP contribution in [0.25, 0.3) is 0 Å². The molecule has 0 saturated carbocycles. The average molecular weight is 219 g/mol. The van der Waals surface area contributed by atoms with E-state index >= 15 is 0 Å². The summed E-state index contributed by atoms with van der Waals surface area (Å²) in [6, 6.07) is 5.50. The lowest BCUT2D eigenvalue weighted by Gasteiger charge is -2.10. The third-order valence-electron chi connectivity index (χ3n) is 1.73. The number of aliphatic hydroxyl groups excluding tert-OH is 1. The Labute approximate surface area is 81.2 Å². The third-order valence-corrected chi connectivity index (χ3v) is 2.72. The number of hydrogen-bond donors (Lipinski definition) is 2. The van der Waals surface area contributed by atoms with Crippen molar-refractivity contribution in [2.75, 3.05) is 6.67 Å². The van der Waals surface area contributed by atoms with Crippen molar-refractivity contribution in [2.45, 2.75) is 11.0 Å². The largest absolute Gasteiger partial charge is 0.386 e. The van der Waals surface area contributed by atoms with Crippen molar-refractivity contribution in [2.24, 2.45) is 5.14 Å². The second-order valence-corrected chi connectivity index (χ2v) is 4.28. The lowest BCUT2D eigenvalue weighted by Crippen LogP contribution is -2.16.